The van der Waals surface area contributed by atoms with Gasteiger partial charge in [0, 0.05) is 45.0 Å². The molecular weight excluding hydrogens is 228 g/mol. The third kappa shape index (κ3) is 3.56. The minimum atomic E-state index is 0.760. The van der Waals surface area contributed by atoms with Crippen LogP contribution in [0.25, 0.3) is 0 Å². The van der Waals surface area contributed by atoms with Crippen LogP contribution in [0.4, 0.5) is 5.95 Å². The van der Waals surface area contributed by atoms with Crippen molar-refractivity contribution in [2.45, 2.75) is 13.0 Å². The molecule has 2 aromatic heterocycles. The second-order valence-corrected chi connectivity index (χ2v) is 4.01. The van der Waals surface area contributed by atoms with E-state index in [1.54, 1.807) is 19.5 Å². The van der Waals surface area contributed by atoms with E-state index in [-0.39, 0.29) is 0 Å². The summed E-state index contributed by atoms with van der Waals surface area (Å²) in [6.07, 6.45) is 8.38. The molecule has 0 fully saturated rings. The SMILES string of the molecule is COCCCNc1nccn1Cc1cccnc1. The van der Waals surface area contributed by atoms with Gasteiger partial charge in [-0.3, -0.25) is 4.98 Å². The van der Waals surface area contributed by atoms with E-state index >= 15 is 0 Å². The highest BCUT2D eigenvalue weighted by Gasteiger charge is 2.02. The number of ether oxygens (including phenoxy) is 1. The van der Waals surface area contributed by atoms with Gasteiger partial charge in [-0.15, -0.1) is 0 Å². The number of nitrogens with one attached hydrogen (secondary N) is 1. The first-order chi connectivity index (χ1) is 8.90. The summed E-state index contributed by atoms with van der Waals surface area (Å²) in [5, 5.41) is 3.30. The Kier molecular flexibility index (Phi) is 4.72. The molecule has 2 rings (SSSR count). The van der Waals surface area contributed by atoms with Crippen LogP contribution >= 0.6 is 0 Å². The molecule has 0 aromatic carbocycles. The van der Waals surface area contributed by atoms with Crippen molar-refractivity contribution in [3.63, 3.8) is 0 Å². The molecule has 0 amide bonds. The summed E-state index contributed by atoms with van der Waals surface area (Å²) in [5.41, 5.74) is 1.16. The first kappa shape index (κ1) is 12.6. The molecule has 2 heterocycles. The Morgan fingerprint density at radius 3 is 3.11 bits per heavy atom. The Balaban J connectivity index is 1.91. The zero-order valence-corrected chi connectivity index (χ0v) is 10.5. The normalized spacial score (nSPS) is 10.5. The molecule has 0 spiro atoms. The largest absolute Gasteiger partial charge is 0.385 e. The molecule has 1 N–H and O–H groups in total. The van der Waals surface area contributed by atoms with Crippen LogP contribution in [0.15, 0.2) is 36.9 Å². The summed E-state index contributed by atoms with van der Waals surface area (Å²) in [7, 11) is 1.71. The van der Waals surface area contributed by atoms with Crippen molar-refractivity contribution in [1.82, 2.24) is 14.5 Å². The number of rotatable bonds is 7. The standard InChI is InChI=1S/C13H18N4O/c1-18-9-3-6-15-13-16-7-8-17(13)11-12-4-2-5-14-10-12/h2,4-5,7-8,10H,3,6,9,11H2,1H3,(H,15,16). The summed E-state index contributed by atoms with van der Waals surface area (Å²) in [5.74, 6) is 0.884. The topological polar surface area (TPSA) is 52.0 Å². The Labute approximate surface area is 107 Å². The fourth-order valence-corrected chi connectivity index (χ4v) is 1.71. The molecule has 0 bridgehead atoms. The monoisotopic (exact) mass is 246 g/mol. The van der Waals surface area contributed by atoms with E-state index in [1.807, 2.05) is 18.5 Å². The van der Waals surface area contributed by atoms with Crippen molar-refractivity contribution in [3.05, 3.63) is 42.5 Å². The van der Waals surface area contributed by atoms with Gasteiger partial charge in [-0.25, -0.2) is 4.98 Å². The smallest absolute Gasteiger partial charge is 0.203 e. The highest BCUT2D eigenvalue weighted by Crippen LogP contribution is 2.08. The van der Waals surface area contributed by atoms with E-state index in [0.29, 0.717) is 0 Å². The van der Waals surface area contributed by atoms with Gasteiger partial charge in [0.15, 0.2) is 0 Å². The van der Waals surface area contributed by atoms with Crippen molar-refractivity contribution in [2.75, 3.05) is 25.6 Å². The van der Waals surface area contributed by atoms with E-state index in [2.05, 4.69) is 25.9 Å². The van der Waals surface area contributed by atoms with E-state index in [4.69, 9.17) is 4.74 Å². The van der Waals surface area contributed by atoms with Crippen molar-refractivity contribution < 1.29 is 4.74 Å². The fraction of sp³-hybridized carbons (Fsp3) is 0.385. The van der Waals surface area contributed by atoms with E-state index in [9.17, 15) is 0 Å². The number of hydrogen-bond acceptors (Lipinski definition) is 4. The fourth-order valence-electron chi connectivity index (χ4n) is 1.71. The van der Waals surface area contributed by atoms with Crippen LogP contribution in [0.1, 0.15) is 12.0 Å². The van der Waals surface area contributed by atoms with Crippen molar-refractivity contribution in [2.24, 2.45) is 0 Å². The minimum absolute atomic E-state index is 0.760. The number of imidazole rings is 1. The second kappa shape index (κ2) is 6.76. The van der Waals surface area contributed by atoms with Crippen molar-refractivity contribution >= 4 is 5.95 Å². The number of aromatic nitrogens is 3. The summed E-state index contributed by atoms with van der Waals surface area (Å²) >= 11 is 0. The molecule has 0 unspecified atom stereocenters. The molecule has 96 valence electrons. The molecule has 0 radical (unpaired) electrons. The van der Waals surface area contributed by atoms with E-state index in [0.717, 1.165) is 37.6 Å². The molecule has 5 nitrogen and oxygen atoms in total. The third-order valence-electron chi connectivity index (χ3n) is 2.60. The summed E-state index contributed by atoms with van der Waals surface area (Å²) < 4.78 is 7.08. The lowest BCUT2D eigenvalue weighted by atomic mass is 10.3. The van der Waals surface area contributed by atoms with Gasteiger partial charge in [-0.2, -0.15) is 0 Å². The number of methoxy groups -OCH3 is 1. The Morgan fingerprint density at radius 1 is 1.39 bits per heavy atom. The average Bonchev–Trinajstić information content (AvgIpc) is 2.83. The first-order valence-corrected chi connectivity index (χ1v) is 6.03. The zero-order chi connectivity index (χ0) is 12.6. The van der Waals surface area contributed by atoms with Gasteiger partial charge in [0.2, 0.25) is 5.95 Å². The molecule has 0 atom stereocenters. The Bertz CT molecular complexity index is 455. The molecule has 0 saturated carbocycles. The maximum Gasteiger partial charge on any atom is 0.203 e. The van der Waals surface area contributed by atoms with Crippen molar-refractivity contribution in [1.29, 1.82) is 0 Å². The van der Waals surface area contributed by atoms with Gasteiger partial charge in [-0.1, -0.05) is 6.07 Å². The van der Waals surface area contributed by atoms with Crippen LogP contribution in [0, 0.1) is 0 Å². The maximum absolute atomic E-state index is 5.01. The second-order valence-electron chi connectivity index (χ2n) is 4.01. The van der Waals surface area contributed by atoms with Crippen LogP contribution in [-0.2, 0) is 11.3 Å². The molecule has 0 aliphatic carbocycles. The molecular formula is C13H18N4O. The van der Waals surface area contributed by atoms with E-state index in [1.165, 1.54) is 0 Å². The lowest BCUT2D eigenvalue weighted by Crippen LogP contribution is -2.10. The third-order valence-corrected chi connectivity index (χ3v) is 2.60. The zero-order valence-electron chi connectivity index (χ0n) is 10.5. The van der Waals surface area contributed by atoms with Gasteiger partial charge in [-0.05, 0) is 18.1 Å². The molecule has 5 heteroatoms. The molecule has 0 aliphatic heterocycles. The quantitative estimate of drug-likeness (QED) is 0.757. The highest BCUT2D eigenvalue weighted by atomic mass is 16.5. The number of pyridine rings is 1. The summed E-state index contributed by atoms with van der Waals surface area (Å²) in [6.45, 7) is 2.40. The maximum atomic E-state index is 5.01. The van der Waals surface area contributed by atoms with Crippen LogP contribution in [0.2, 0.25) is 0 Å². The average molecular weight is 246 g/mol. The highest BCUT2D eigenvalue weighted by molar-refractivity contribution is 5.27. The minimum Gasteiger partial charge on any atom is -0.385 e. The van der Waals surface area contributed by atoms with Gasteiger partial charge in [0.25, 0.3) is 0 Å². The Morgan fingerprint density at radius 2 is 2.33 bits per heavy atom. The lowest BCUT2D eigenvalue weighted by Gasteiger charge is -2.09. The van der Waals surface area contributed by atoms with Crippen LogP contribution in [0.5, 0.6) is 0 Å². The number of nitrogens with zero attached hydrogens (tertiary/aromatic N) is 3. The predicted octanol–water partition coefficient (Wildman–Crippen LogP) is 1.77. The van der Waals surface area contributed by atoms with Crippen LogP contribution < -0.4 is 5.32 Å². The van der Waals surface area contributed by atoms with Gasteiger partial charge in [0.05, 0.1) is 6.54 Å². The van der Waals surface area contributed by atoms with Crippen LogP contribution in [-0.4, -0.2) is 34.8 Å². The van der Waals surface area contributed by atoms with Gasteiger partial charge in [0.1, 0.15) is 0 Å². The summed E-state index contributed by atoms with van der Waals surface area (Å²) in [4.78, 5) is 8.41. The molecule has 0 saturated heterocycles. The number of anilines is 1. The van der Waals surface area contributed by atoms with E-state index < -0.39 is 0 Å². The van der Waals surface area contributed by atoms with Crippen molar-refractivity contribution in [3.8, 4) is 0 Å². The number of hydrogen-bond donors (Lipinski definition) is 1. The summed E-state index contributed by atoms with van der Waals surface area (Å²) in [6, 6.07) is 4.00. The van der Waals surface area contributed by atoms with Gasteiger partial charge >= 0.3 is 0 Å². The predicted molar refractivity (Wildman–Crippen MR) is 70.5 cm³/mol. The Hall–Kier alpha value is -1.88. The first-order valence-electron chi connectivity index (χ1n) is 6.03. The van der Waals surface area contributed by atoms with Crippen LogP contribution in [0.3, 0.4) is 0 Å². The lowest BCUT2D eigenvalue weighted by molar-refractivity contribution is 0.197. The molecule has 0 aliphatic rings. The molecule has 2 aromatic rings. The van der Waals surface area contributed by atoms with Gasteiger partial charge < -0.3 is 14.6 Å². The molecule has 18 heavy (non-hydrogen) atoms.